The molecule has 0 saturated heterocycles. The van der Waals surface area contributed by atoms with Crippen molar-refractivity contribution < 1.29 is 9.72 Å². The third-order valence-electron chi connectivity index (χ3n) is 3.95. The average molecular weight is 424 g/mol. The van der Waals surface area contributed by atoms with Crippen LogP contribution in [0.2, 0.25) is 0 Å². The predicted octanol–water partition coefficient (Wildman–Crippen LogP) is 3.08. The van der Waals surface area contributed by atoms with E-state index in [1.807, 2.05) is 43.3 Å². The average Bonchev–Trinajstić information content (AvgIpc) is 2.76. The molecule has 3 aromatic rings. The van der Waals surface area contributed by atoms with Gasteiger partial charge in [-0.25, -0.2) is 15.0 Å². The van der Waals surface area contributed by atoms with Gasteiger partial charge in [0.05, 0.1) is 16.4 Å². The Morgan fingerprint density at radius 3 is 2.63 bits per heavy atom. The Bertz CT molecular complexity index is 1010. The summed E-state index contributed by atoms with van der Waals surface area (Å²) in [4.78, 5) is 35.1. The van der Waals surface area contributed by atoms with Crippen molar-refractivity contribution in [3.8, 4) is 11.3 Å². The molecule has 0 aliphatic heterocycles. The number of hydrogen-bond donors (Lipinski definition) is 2. The molecule has 0 unspecified atom stereocenters. The van der Waals surface area contributed by atoms with Crippen LogP contribution < -0.4 is 10.6 Å². The highest BCUT2D eigenvalue weighted by molar-refractivity contribution is 7.99. The van der Waals surface area contributed by atoms with Crippen LogP contribution in [0.1, 0.15) is 5.69 Å². The van der Waals surface area contributed by atoms with E-state index in [2.05, 4.69) is 25.6 Å². The van der Waals surface area contributed by atoms with Gasteiger partial charge in [0.15, 0.2) is 5.16 Å². The van der Waals surface area contributed by atoms with Gasteiger partial charge >= 0.3 is 0 Å². The van der Waals surface area contributed by atoms with Crippen LogP contribution in [0, 0.1) is 17.0 Å². The number of carbonyl (C=O) groups excluding carboxylic acids is 1. The molecule has 0 fully saturated rings. The number of aromatic nitrogens is 3. The first-order valence-corrected chi connectivity index (χ1v) is 10.1. The van der Waals surface area contributed by atoms with Gasteiger partial charge in [0.1, 0.15) is 12.0 Å². The molecular formula is C20H20N6O3S. The van der Waals surface area contributed by atoms with Crippen LogP contribution in [0.4, 0.5) is 11.5 Å². The van der Waals surface area contributed by atoms with Gasteiger partial charge in [0, 0.05) is 30.4 Å². The topological polar surface area (TPSA) is 123 Å². The highest BCUT2D eigenvalue weighted by Gasteiger charge is 2.09. The zero-order valence-electron chi connectivity index (χ0n) is 16.2. The second kappa shape index (κ2) is 10.3. The van der Waals surface area contributed by atoms with Crippen molar-refractivity contribution in [1.29, 1.82) is 0 Å². The highest BCUT2D eigenvalue weighted by Crippen LogP contribution is 2.21. The van der Waals surface area contributed by atoms with E-state index in [1.54, 1.807) is 0 Å². The van der Waals surface area contributed by atoms with Gasteiger partial charge in [-0.15, -0.1) is 0 Å². The van der Waals surface area contributed by atoms with E-state index in [-0.39, 0.29) is 17.3 Å². The molecule has 1 aromatic carbocycles. The fourth-order valence-electron chi connectivity index (χ4n) is 2.53. The van der Waals surface area contributed by atoms with Crippen LogP contribution in [0.3, 0.4) is 0 Å². The summed E-state index contributed by atoms with van der Waals surface area (Å²) in [5.74, 6) is 0.573. The van der Waals surface area contributed by atoms with E-state index in [9.17, 15) is 14.9 Å². The molecule has 3 rings (SSSR count). The number of nitrogens with zero attached hydrogens (tertiary/aromatic N) is 4. The van der Waals surface area contributed by atoms with Gasteiger partial charge in [-0.1, -0.05) is 42.1 Å². The number of anilines is 1. The summed E-state index contributed by atoms with van der Waals surface area (Å²) in [6.45, 7) is 2.73. The number of rotatable bonds is 9. The fourth-order valence-corrected chi connectivity index (χ4v) is 3.27. The zero-order chi connectivity index (χ0) is 21.3. The first-order valence-electron chi connectivity index (χ1n) is 9.16. The third-order valence-corrected chi connectivity index (χ3v) is 4.79. The van der Waals surface area contributed by atoms with Gasteiger partial charge in [0.2, 0.25) is 5.91 Å². The largest absolute Gasteiger partial charge is 0.368 e. The Hall–Kier alpha value is -3.53. The van der Waals surface area contributed by atoms with Crippen molar-refractivity contribution in [2.24, 2.45) is 0 Å². The number of nitrogens with one attached hydrogen (secondary N) is 2. The minimum absolute atomic E-state index is 0.0698. The van der Waals surface area contributed by atoms with Crippen LogP contribution in [0.5, 0.6) is 0 Å². The Balaban J connectivity index is 1.43. The Labute approximate surface area is 177 Å². The number of pyridine rings is 1. The maximum atomic E-state index is 12.1. The van der Waals surface area contributed by atoms with Gasteiger partial charge in [-0.05, 0) is 19.1 Å². The predicted molar refractivity (Wildman–Crippen MR) is 115 cm³/mol. The molecule has 2 N–H and O–H groups in total. The molecule has 0 saturated carbocycles. The summed E-state index contributed by atoms with van der Waals surface area (Å²) in [5.41, 5.74) is 2.59. The van der Waals surface area contributed by atoms with Gasteiger partial charge in [-0.3, -0.25) is 14.9 Å². The Morgan fingerprint density at radius 1 is 1.13 bits per heavy atom. The van der Waals surface area contributed by atoms with E-state index in [0.29, 0.717) is 24.1 Å². The van der Waals surface area contributed by atoms with E-state index in [4.69, 9.17) is 0 Å². The molecule has 10 heteroatoms. The van der Waals surface area contributed by atoms with Crippen LogP contribution in [0.15, 0.2) is 59.9 Å². The second-order valence-corrected chi connectivity index (χ2v) is 7.21. The molecule has 0 spiro atoms. The van der Waals surface area contributed by atoms with Gasteiger partial charge < -0.3 is 10.6 Å². The zero-order valence-corrected chi connectivity index (χ0v) is 17.1. The number of thioether (sulfide) groups is 1. The molecule has 0 bridgehead atoms. The van der Waals surface area contributed by atoms with E-state index in [1.165, 1.54) is 30.1 Å². The van der Waals surface area contributed by atoms with Crippen LogP contribution in [-0.2, 0) is 4.79 Å². The number of benzene rings is 1. The molecule has 1 amide bonds. The van der Waals surface area contributed by atoms with Crippen LogP contribution in [-0.4, -0.2) is 44.6 Å². The Morgan fingerprint density at radius 2 is 1.93 bits per heavy atom. The fraction of sp³-hybridized carbons (Fsp3) is 0.200. The van der Waals surface area contributed by atoms with Crippen molar-refractivity contribution in [2.75, 3.05) is 24.2 Å². The maximum Gasteiger partial charge on any atom is 0.287 e. The Kier molecular flexibility index (Phi) is 7.28. The van der Waals surface area contributed by atoms with Crippen molar-refractivity contribution in [1.82, 2.24) is 20.3 Å². The first-order chi connectivity index (χ1) is 14.5. The number of amides is 1. The summed E-state index contributed by atoms with van der Waals surface area (Å²) in [6, 6.07) is 14.6. The van der Waals surface area contributed by atoms with Crippen molar-refractivity contribution in [2.45, 2.75) is 12.1 Å². The lowest BCUT2D eigenvalue weighted by molar-refractivity contribution is -0.385. The summed E-state index contributed by atoms with van der Waals surface area (Å²) < 4.78 is 0. The molecule has 0 aliphatic carbocycles. The van der Waals surface area contributed by atoms with Gasteiger partial charge in [0.25, 0.3) is 5.69 Å². The molecule has 0 aliphatic rings. The number of aryl methyl sites for hydroxylation is 1. The third kappa shape index (κ3) is 6.24. The summed E-state index contributed by atoms with van der Waals surface area (Å²) >= 11 is 1.28. The molecule has 0 atom stereocenters. The molecule has 9 nitrogen and oxygen atoms in total. The number of hydrogen-bond acceptors (Lipinski definition) is 8. The molecular weight excluding hydrogens is 404 g/mol. The lowest BCUT2D eigenvalue weighted by Crippen LogP contribution is -2.30. The normalized spacial score (nSPS) is 10.4. The second-order valence-electron chi connectivity index (χ2n) is 6.27. The standard InChI is InChI=1S/C20H20N6O3S/c1-14-11-17(15-5-3-2-4-6-15)25-20(24-14)30-13-19(27)22-10-9-21-18-8-7-16(12-23-18)26(28)29/h2-8,11-12H,9-10,13H2,1H3,(H,21,23)(H,22,27). The SMILES string of the molecule is Cc1cc(-c2ccccc2)nc(SCC(=O)NCCNc2ccc([N+](=O)[O-])cn2)n1. The van der Waals surface area contributed by atoms with E-state index in [0.717, 1.165) is 17.0 Å². The molecule has 2 aromatic heterocycles. The summed E-state index contributed by atoms with van der Waals surface area (Å²) in [6.07, 6.45) is 1.18. The van der Waals surface area contributed by atoms with Crippen LogP contribution >= 0.6 is 11.8 Å². The van der Waals surface area contributed by atoms with Crippen LogP contribution in [0.25, 0.3) is 11.3 Å². The smallest absolute Gasteiger partial charge is 0.287 e. The van der Waals surface area contributed by atoms with Crippen molar-refractivity contribution in [3.63, 3.8) is 0 Å². The molecule has 2 heterocycles. The minimum atomic E-state index is -0.505. The first kappa shape index (κ1) is 21.2. The highest BCUT2D eigenvalue weighted by atomic mass is 32.2. The lowest BCUT2D eigenvalue weighted by Gasteiger charge is -2.08. The quantitative estimate of drug-likeness (QED) is 0.177. The molecule has 30 heavy (non-hydrogen) atoms. The van der Waals surface area contributed by atoms with Gasteiger partial charge in [-0.2, -0.15) is 0 Å². The lowest BCUT2D eigenvalue weighted by atomic mass is 10.1. The van der Waals surface area contributed by atoms with Crippen molar-refractivity contribution in [3.05, 3.63) is 70.5 Å². The summed E-state index contributed by atoms with van der Waals surface area (Å²) in [7, 11) is 0. The number of nitro groups is 1. The monoisotopic (exact) mass is 424 g/mol. The summed E-state index contributed by atoms with van der Waals surface area (Å²) in [5, 5.41) is 17.0. The van der Waals surface area contributed by atoms with E-state index < -0.39 is 4.92 Å². The minimum Gasteiger partial charge on any atom is -0.368 e. The molecule has 0 radical (unpaired) electrons. The number of carbonyl (C=O) groups is 1. The maximum absolute atomic E-state index is 12.1. The van der Waals surface area contributed by atoms with E-state index >= 15 is 0 Å². The van der Waals surface area contributed by atoms with Crippen molar-refractivity contribution >= 4 is 29.2 Å². The molecule has 154 valence electrons.